The molecule has 5 heteroatoms. The molecule has 0 aliphatic carbocycles. The van der Waals surface area contributed by atoms with Crippen molar-refractivity contribution in [3.63, 3.8) is 0 Å². The third kappa shape index (κ3) is 3.87. The molecule has 118 valence electrons. The minimum Gasteiger partial charge on any atom is -0.492 e. The predicted octanol–water partition coefficient (Wildman–Crippen LogP) is 2.64. The highest BCUT2D eigenvalue weighted by molar-refractivity contribution is 5.81. The van der Waals surface area contributed by atoms with E-state index in [4.69, 9.17) is 9.15 Å². The van der Waals surface area contributed by atoms with Gasteiger partial charge in [0.2, 0.25) is 5.91 Å². The van der Waals surface area contributed by atoms with Crippen molar-refractivity contribution in [2.75, 3.05) is 13.2 Å². The molecule has 1 aromatic heterocycles. The van der Waals surface area contributed by atoms with Crippen LogP contribution in [0.3, 0.4) is 0 Å². The number of hydrogen-bond donors (Lipinski definition) is 1. The van der Waals surface area contributed by atoms with Gasteiger partial charge in [0.15, 0.2) is 0 Å². The van der Waals surface area contributed by atoms with Crippen molar-refractivity contribution in [1.82, 2.24) is 5.32 Å². The van der Waals surface area contributed by atoms with Gasteiger partial charge in [0.05, 0.1) is 6.54 Å². The lowest BCUT2D eigenvalue weighted by Crippen LogP contribution is -2.32. The second-order valence-electron chi connectivity index (χ2n) is 5.36. The largest absolute Gasteiger partial charge is 0.492 e. The maximum atomic E-state index is 11.6. The number of carbonyl (C=O) groups excluding carboxylic acids is 1. The Hall–Kier alpha value is -2.30. The van der Waals surface area contributed by atoms with E-state index < -0.39 is 0 Å². The molecule has 22 heavy (non-hydrogen) atoms. The molecule has 1 atom stereocenters. The van der Waals surface area contributed by atoms with Crippen LogP contribution in [0.2, 0.25) is 0 Å². The Balaban J connectivity index is 1.95. The van der Waals surface area contributed by atoms with Gasteiger partial charge >= 0.3 is 5.63 Å². The zero-order valence-electron chi connectivity index (χ0n) is 13.1. The number of hydrogen-bond acceptors (Lipinski definition) is 4. The summed E-state index contributed by atoms with van der Waals surface area (Å²) in [6, 6.07) is 6.85. The standard InChI is InChI=1S/C17H21NO4/c1-4-11(2)17(20)18-7-8-21-13-5-6-14-12(3)9-16(19)22-15(14)10-13/h5-6,9-11H,4,7-8H2,1-3H3,(H,18,20). The van der Waals surface area contributed by atoms with Crippen molar-refractivity contribution in [1.29, 1.82) is 0 Å². The summed E-state index contributed by atoms with van der Waals surface area (Å²) in [5, 5.41) is 3.71. The molecule has 0 radical (unpaired) electrons. The van der Waals surface area contributed by atoms with Gasteiger partial charge in [-0.2, -0.15) is 0 Å². The van der Waals surface area contributed by atoms with Crippen LogP contribution in [0.5, 0.6) is 5.75 Å². The molecule has 1 N–H and O–H groups in total. The number of ether oxygens (including phenoxy) is 1. The van der Waals surface area contributed by atoms with E-state index in [0.717, 1.165) is 17.4 Å². The lowest BCUT2D eigenvalue weighted by molar-refractivity contribution is -0.124. The van der Waals surface area contributed by atoms with E-state index in [9.17, 15) is 9.59 Å². The highest BCUT2D eigenvalue weighted by atomic mass is 16.5. The third-order valence-electron chi connectivity index (χ3n) is 3.65. The molecule has 0 aliphatic heterocycles. The SMILES string of the molecule is CCC(C)C(=O)NCCOc1ccc2c(C)cc(=O)oc2c1. The first-order valence-corrected chi connectivity index (χ1v) is 7.46. The molecule has 0 spiro atoms. The quantitative estimate of drug-likeness (QED) is 0.658. The van der Waals surface area contributed by atoms with Crippen LogP contribution in [0.4, 0.5) is 0 Å². The van der Waals surface area contributed by atoms with E-state index in [1.807, 2.05) is 32.9 Å². The van der Waals surface area contributed by atoms with Crippen LogP contribution in [-0.4, -0.2) is 19.1 Å². The van der Waals surface area contributed by atoms with Crippen molar-refractivity contribution in [2.45, 2.75) is 27.2 Å². The Morgan fingerprint density at radius 3 is 2.86 bits per heavy atom. The van der Waals surface area contributed by atoms with Gasteiger partial charge < -0.3 is 14.5 Å². The fraction of sp³-hybridized carbons (Fsp3) is 0.412. The van der Waals surface area contributed by atoms with Crippen LogP contribution >= 0.6 is 0 Å². The summed E-state index contributed by atoms with van der Waals surface area (Å²) in [6.45, 7) is 6.54. The fourth-order valence-electron chi connectivity index (χ4n) is 2.10. The first kappa shape index (κ1) is 16.1. The molecule has 1 heterocycles. The number of amides is 1. The number of fused-ring (bicyclic) bond motifs is 1. The normalized spacial score (nSPS) is 12.1. The molecule has 0 bridgehead atoms. The van der Waals surface area contributed by atoms with Crippen LogP contribution in [0.15, 0.2) is 33.5 Å². The smallest absolute Gasteiger partial charge is 0.336 e. The summed E-state index contributed by atoms with van der Waals surface area (Å²) < 4.78 is 10.7. The molecular formula is C17H21NO4. The predicted molar refractivity (Wildman–Crippen MR) is 85.2 cm³/mol. The van der Waals surface area contributed by atoms with Crippen molar-refractivity contribution >= 4 is 16.9 Å². The zero-order valence-corrected chi connectivity index (χ0v) is 13.1. The number of nitrogens with one attached hydrogen (secondary N) is 1. The van der Waals surface area contributed by atoms with Crippen LogP contribution in [0.1, 0.15) is 25.8 Å². The van der Waals surface area contributed by atoms with Gasteiger partial charge in [-0.1, -0.05) is 13.8 Å². The molecule has 0 saturated heterocycles. The summed E-state index contributed by atoms with van der Waals surface area (Å²) in [5.74, 6) is 0.656. The first-order valence-electron chi connectivity index (χ1n) is 7.46. The summed E-state index contributed by atoms with van der Waals surface area (Å²) >= 11 is 0. The number of carbonyl (C=O) groups is 1. The van der Waals surface area contributed by atoms with Crippen LogP contribution in [0, 0.1) is 12.8 Å². The molecule has 1 amide bonds. The average molecular weight is 303 g/mol. The van der Waals surface area contributed by atoms with Crippen LogP contribution < -0.4 is 15.7 Å². The van der Waals surface area contributed by atoms with E-state index in [0.29, 0.717) is 24.5 Å². The highest BCUT2D eigenvalue weighted by Crippen LogP contribution is 2.22. The molecule has 0 aliphatic rings. The van der Waals surface area contributed by atoms with Gasteiger partial charge in [-0.3, -0.25) is 4.79 Å². The Morgan fingerprint density at radius 2 is 2.14 bits per heavy atom. The molecule has 2 rings (SSSR count). The second kappa shape index (κ2) is 7.11. The molecule has 1 unspecified atom stereocenters. The Kier molecular flexibility index (Phi) is 5.20. The van der Waals surface area contributed by atoms with Gasteiger partial charge in [0, 0.05) is 23.4 Å². The molecule has 1 aromatic carbocycles. The molecular weight excluding hydrogens is 282 g/mol. The van der Waals surface area contributed by atoms with Crippen molar-refractivity contribution < 1.29 is 13.9 Å². The van der Waals surface area contributed by atoms with Crippen molar-refractivity contribution in [3.8, 4) is 5.75 Å². The Labute approximate surface area is 129 Å². The maximum absolute atomic E-state index is 11.6. The molecule has 0 fully saturated rings. The number of rotatable bonds is 6. The maximum Gasteiger partial charge on any atom is 0.336 e. The monoisotopic (exact) mass is 303 g/mol. The van der Waals surface area contributed by atoms with Crippen molar-refractivity contribution in [2.24, 2.45) is 5.92 Å². The molecule has 5 nitrogen and oxygen atoms in total. The lowest BCUT2D eigenvalue weighted by atomic mass is 10.1. The van der Waals surface area contributed by atoms with Crippen molar-refractivity contribution in [3.05, 3.63) is 40.2 Å². The minimum absolute atomic E-state index is 0.0120. The summed E-state index contributed by atoms with van der Waals surface area (Å²) in [5.41, 5.74) is 1.01. The number of benzene rings is 1. The average Bonchev–Trinajstić information content (AvgIpc) is 2.49. The third-order valence-corrected chi connectivity index (χ3v) is 3.65. The Morgan fingerprint density at radius 1 is 1.36 bits per heavy atom. The second-order valence-corrected chi connectivity index (χ2v) is 5.36. The minimum atomic E-state index is -0.372. The van der Waals surface area contributed by atoms with E-state index in [-0.39, 0.29) is 17.5 Å². The summed E-state index contributed by atoms with van der Waals surface area (Å²) in [7, 11) is 0. The van der Waals surface area contributed by atoms with Crippen LogP contribution in [0.25, 0.3) is 11.0 Å². The Bertz CT molecular complexity index is 720. The van der Waals surface area contributed by atoms with E-state index in [1.165, 1.54) is 6.07 Å². The summed E-state index contributed by atoms with van der Waals surface area (Å²) in [6.07, 6.45) is 0.815. The zero-order chi connectivity index (χ0) is 16.1. The first-order chi connectivity index (χ1) is 10.5. The fourth-order valence-corrected chi connectivity index (χ4v) is 2.10. The van der Waals surface area contributed by atoms with Crippen LogP contribution in [-0.2, 0) is 4.79 Å². The molecule has 2 aromatic rings. The molecule has 0 saturated carbocycles. The van der Waals surface area contributed by atoms with Gasteiger partial charge in [0.1, 0.15) is 17.9 Å². The van der Waals surface area contributed by atoms with E-state index in [2.05, 4.69) is 5.32 Å². The van der Waals surface area contributed by atoms with Gasteiger partial charge in [-0.05, 0) is 31.0 Å². The van der Waals surface area contributed by atoms with E-state index in [1.54, 1.807) is 6.07 Å². The van der Waals surface area contributed by atoms with Gasteiger partial charge in [-0.25, -0.2) is 4.79 Å². The topological polar surface area (TPSA) is 68.5 Å². The van der Waals surface area contributed by atoms with Gasteiger partial charge in [0.25, 0.3) is 0 Å². The summed E-state index contributed by atoms with van der Waals surface area (Å²) in [4.78, 5) is 23.0. The lowest BCUT2D eigenvalue weighted by Gasteiger charge is -2.11. The van der Waals surface area contributed by atoms with E-state index >= 15 is 0 Å². The number of aryl methyl sites for hydroxylation is 1. The van der Waals surface area contributed by atoms with Gasteiger partial charge in [-0.15, -0.1) is 0 Å². The highest BCUT2D eigenvalue weighted by Gasteiger charge is 2.09.